The van der Waals surface area contributed by atoms with Gasteiger partial charge in [-0.15, -0.1) is 0 Å². The molecule has 1 atom stereocenters. The minimum Gasteiger partial charge on any atom is -0.548 e. The van der Waals surface area contributed by atoms with Crippen molar-refractivity contribution in [1.29, 1.82) is 0 Å². The zero-order valence-corrected chi connectivity index (χ0v) is 17.3. The first kappa shape index (κ1) is 24.2. The van der Waals surface area contributed by atoms with Crippen LogP contribution in [0.5, 0.6) is 0 Å². The standard InChI is InChI=1S/C18H26N2O8S/c1-18(2,3)28-17(24)20-14(15(21)22)12-29(25,26)10-9-19-16(23)27-11-13-7-5-4-6-8-13/h4-8,14H,9-12H2,1-3H3,(H,19,23)(H,20,24)(H,21,22)/p-1. The highest BCUT2D eigenvalue weighted by Gasteiger charge is 2.25. The van der Waals surface area contributed by atoms with Crippen LogP contribution in [-0.4, -0.2) is 56.3 Å². The van der Waals surface area contributed by atoms with Gasteiger partial charge in [-0.05, 0) is 26.3 Å². The van der Waals surface area contributed by atoms with E-state index in [-0.39, 0.29) is 13.2 Å². The number of carboxylic acids is 1. The van der Waals surface area contributed by atoms with Gasteiger partial charge in [-0.1, -0.05) is 30.3 Å². The van der Waals surface area contributed by atoms with Crippen molar-refractivity contribution in [2.75, 3.05) is 18.1 Å². The Kier molecular flexibility index (Phi) is 8.89. The number of sulfone groups is 1. The van der Waals surface area contributed by atoms with E-state index < -0.39 is 51.1 Å². The van der Waals surface area contributed by atoms with Crippen molar-refractivity contribution in [1.82, 2.24) is 10.6 Å². The summed E-state index contributed by atoms with van der Waals surface area (Å²) < 4.78 is 34.0. The maximum atomic E-state index is 12.1. The van der Waals surface area contributed by atoms with Crippen molar-refractivity contribution >= 4 is 28.0 Å². The van der Waals surface area contributed by atoms with E-state index in [0.29, 0.717) is 0 Å². The van der Waals surface area contributed by atoms with E-state index in [9.17, 15) is 27.9 Å². The van der Waals surface area contributed by atoms with Crippen LogP contribution in [0.15, 0.2) is 30.3 Å². The van der Waals surface area contributed by atoms with Crippen molar-refractivity contribution in [3.8, 4) is 0 Å². The third-order valence-electron chi connectivity index (χ3n) is 3.29. The molecule has 0 aliphatic heterocycles. The second-order valence-corrected chi connectivity index (χ2v) is 9.35. The van der Waals surface area contributed by atoms with Gasteiger partial charge in [0.05, 0.1) is 23.5 Å². The highest BCUT2D eigenvalue weighted by atomic mass is 32.2. The highest BCUT2D eigenvalue weighted by molar-refractivity contribution is 7.91. The summed E-state index contributed by atoms with van der Waals surface area (Å²) >= 11 is 0. The molecule has 1 aromatic rings. The van der Waals surface area contributed by atoms with Crippen LogP contribution in [0.3, 0.4) is 0 Å². The molecular formula is C18H25N2O8S-. The van der Waals surface area contributed by atoms with E-state index in [2.05, 4.69) is 5.32 Å². The molecule has 0 saturated heterocycles. The van der Waals surface area contributed by atoms with Crippen molar-refractivity contribution in [3.05, 3.63) is 35.9 Å². The Hall–Kier alpha value is -2.82. The number of hydrogen-bond acceptors (Lipinski definition) is 8. The van der Waals surface area contributed by atoms with Gasteiger partial charge in [0.2, 0.25) is 0 Å². The Bertz CT molecular complexity index is 803. The molecule has 2 amide bonds. The fourth-order valence-corrected chi connectivity index (χ4v) is 3.35. The number of ether oxygens (including phenoxy) is 2. The summed E-state index contributed by atoms with van der Waals surface area (Å²) in [5, 5.41) is 15.4. The fraction of sp³-hybridized carbons (Fsp3) is 0.500. The van der Waals surface area contributed by atoms with Crippen LogP contribution >= 0.6 is 0 Å². The molecule has 0 bridgehead atoms. The number of carbonyl (C=O) groups is 3. The molecule has 1 unspecified atom stereocenters. The lowest BCUT2D eigenvalue weighted by Crippen LogP contribution is -2.53. The number of hydrogen-bond donors (Lipinski definition) is 2. The fourth-order valence-electron chi connectivity index (χ4n) is 2.04. The van der Waals surface area contributed by atoms with Crippen LogP contribution in [0.2, 0.25) is 0 Å². The van der Waals surface area contributed by atoms with E-state index in [4.69, 9.17) is 9.47 Å². The van der Waals surface area contributed by atoms with E-state index in [0.717, 1.165) is 5.56 Å². The summed E-state index contributed by atoms with van der Waals surface area (Å²) in [6.45, 7) is 4.44. The molecule has 10 nitrogen and oxygen atoms in total. The summed E-state index contributed by atoms with van der Waals surface area (Å²) in [6.07, 6.45) is -1.89. The molecule has 0 spiro atoms. The largest absolute Gasteiger partial charge is 0.548 e. The monoisotopic (exact) mass is 429 g/mol. The smallest absolute Gasteiger partial charge is 0.408 e. The SMILES string of the molecule is CC(C)(C)OC(=O)NC(CS(=O)(=O)CCNC(=O)OCc1ccccc1)C(=O)[O-]. The summed E-state index contributed by atoms with van der Waals surface area (Å²) in [5.41, 5.74) is -0.121. The third-order valence-corrected chi connectivity index (χ3v) is 4.96. The molecule has 162 valence electrons. The predicted molar refractivity (Wildman–Crippen MR) is 101 cm³/mol. The second-order valence-electron chi connectivity index (χ2n) is 7.12. The Balaban J connectivity index is 2.46. The molecule has 11 heteroatoms. The average Bonchev–Trinajstić information content (AvgIpc) is 2.58. The van der Waals surface area contributed by atoms with Gasteiger partial charge >= 0.3 is 12.2 Å². The Labute approximate surface area is 169 Å². The molecule has 2 N–H and O–H groups in total. The number of nitrogens with one attached hydrogen (secondary N) is 2. The van der Waals surface area contributed by atoms with Gasteiger partial charge in [0.1, 0.15) is 12.2 Å². The minimum atomic E-state index is -3.94. The van der Waals surface area contributed by atoms with Gasteiger partial charge in [0.25, 0.3) is 0 Å². The first-order chi connectivity index (χ1) is 13.4. The van der Waals surface area contributed by atoms with Gasteiger partial charge in [-0.2, -0.15) is 0 Å². The van der Waals surface area contributed by atoms with Crippen molar-refractivity contribution in [2.45, 2.75) is 39.0 Å². The lowest BCUT2D eigenvalue weighted by Gasteiger charge is -2.24. The van der Waals surface area contributed by atoms with E-state index in [1.54, 1.807) is 45.0 Å². The van der Waals surface area contributed by atoms with Crippen LogP contribution in [0, 0.1) is 0 Å². The molecule has 1 aromatic carbocycles. The molecule has 0 fully saturated rings. The van der Waals surface area contributed by atoms with Gasteiger partial charge in [-0.25, -0.2) is 18.0 Å². The van der Waals surface area contributed by atoms with Gasteiger partial charge < -0.3 is 30.0 Å². The summed E-state index contributed by atoms with van der Waals surface area (Å²) in [4.78, 5) is 34.4. The quantitative estimate of drug-likeness (QED) is 0.555. The number of carbonyl (C=O) groups excluding carboxylic acids is 3. The van der Waals surface area contributed by atoms with Crippen LogP contribution in [0.4, 0.5) is 9.59 Å². The Morgan fingerprint density at radius 2 is 1.72 bits per heavy atom. The van der Waals surface area contributed by atoms with Crippen LogP contribution < -0.4 is 15.7 Å². The van der Waals surface area contributed by atoms with Crippen molar-refractivity contribution in [3.63, 3.8) is 0 Å². The first-order valence-corrected chi connectivity index (χ1v) is 10.6. The Morgan fingerprint density at radius 3 is 2.28 bits per heavy atom. The normalized spacial score (nSPS) is 12.5. The van der Waals surface area contributed by atoms with Crippen LogP contribution in [0.25, 0.3) is 0 Å². The molecule has 0 saturated carbocycles. The van der Waals surface area contributed by atoms with Gasteiger partial charge in [0, 0.05) is 6.54 Å². The molecule has 0 radical (unpaired) electrons. The first-order valence-electron chi connectivity index (χ1n) is 8.73. The number of amides is 2. The number of rotatable bonds is 9. The number of alkyl carbamates (subject to hydrolysis) is 2. The maximum absolute atomic E-state index is 12.1. The van der Waals surface area contributed by atoms with E-state index in [1.807, 2.05) is 11.4 Å². The van der Waals surface area contributed by atoms with Crippen molar-refractivity contribution in [2.24, 2.45) is 0 Å². The van der Waals surface area contributed by atoms with E-state index >= 15 is 0 Å². The van der Waals surface area contributed by atoms with Gasteiger partial charge in [-0.3, -0.25) is 0 Å². The van der Waals surface area contributed by atoms with Gasteiger partial charge in [0.15, 0.2) is 9.84 Å². The Morgan fingerprint density at radius 1 is 1.10 bits per heavy atom. The molecule has 0 heterocycles. The lowest BCUT2D eigenvalue weighted by molar-refractivity contribution is -0.307. The number of carboxylic acid groups (broad SMARTS) is 1. The summed E-state index contributed by atoms with van der Waals surface area (Å²) in [7, 11) is -3.94. The minimum absolute atomic E-state index is 0.0198. The zero-order chi connectivity index (χ0) is 22.1. The molecule has 0 aliphatic carbocycles. The molecular weight excluding hydrogens is 404 g/mol. The third kappa shape index (κ3) is 10.9. The average molecular weight is 429 g/mol. The van der Waals surface area contributed by atoms with Crippen LogP contribution in [-0.2, 0) is 30.7 Å². The lowest BCUT2D eigenvalue weighted by atomic mass is 10.2. The highest BCUT2D eigenvalue weighted by Crippen LogP contribution is 2.07. The second kappa shape index (κ2) is 10.6. The topological polar surface area (TPSA) is 151 Å². The summed E-state index contributed by atoms with van der Waals surface area (Å²) in [5.74, 6) is -3.22. The molecule has 0 aromatic heterocycles. The molecule has 0 aliphatic rings. The maximum Gasteiger partial charge on any atom is 0.408 e. The van der Waals surface area contributed by atoms with E-state index in [1.165, 1.54) is 0 Å². The number of benzene rings is 1. The van der Waals surface area contributed by atoms with Crippen molar-refractivity contribution < 1.29 is 37.4 Å². The summed E-state index contributed by atoms with van der Waals surface area (Å²) in [6, 6.07) is 7.10. The molecule has 1 rings (SSSR count). The zero-order valence-electron chi connectivity index (χ0n) is 16.5. The van der Waals surface area contributed by atoms with Crippen LogP contribution in [0.1, 0.15) is 26.3 Å². The predicted octanol–water partition coefficient (Wildman–Crippen LogP) is -0.0292. The number of aliphatic carboxylic acids is 1. The molecule has 29 heavy (non-hydrogen) atoms.